The third-order valence-corrected chi connectivity index (χ3v) is 4.23. The lowest BCUT2D eigenvalue weighted by molar-refractivity contribution is 0.0420. The highest BCUT2D eigenvalue weighted by Gasteiger charge is 2.15. The van der Waals surface area contributed by atoms with Crippen LogP contribution in [0.1, 0.15) is 18.4 Å². The number of benzene rings is 1. The van der Waals surface area contributed by atoms with E-state index in [-0.39, 0.29) is 30.1 Å². The van der Waals surface area contributed by atoms with Gasteiger partial charge in [0, 0.05) is 33.4 Å². The Hall–Kier alpha value is -1.26. The molecule has 8 heteroatoms. The molecule has 154 valence electrons. The smallest absolute Gasteiger partial charge is 0.190 e. The highest BCUT2D eigenvalue weighted by atomic mass is 127. The molecule has 1 saturated heterocycles. The summed E-state index contributed by atoms with van der Waals surface area (Å²) in [6.45, 7) is 3.89. The Kier molecular flexibility index (Phi) is 12.2. The average Bonchev–Trinajstić information content (AvgIpc) is 3.19. The summed E-state index contributed by atoms with van der Waals surface area (Å²) >= 11 is 0. The molecule has 1 unspecified atom stereocenters. The van der Waals surface area contributed by atoms with Gasteiger partial charge in [-0.1, -0.05) is 6.07 Å². The van der Waals surface area contributed by atoms with Gasteiger partial charge in [-0.05, 0) is 37.0 Å². The summed E-state index contributed by atoms with van der Waals surface area (Å²) in [6.07, 6.45) is 3.08. The fraction of sp³-hybridized carbons (Fsp3) is 0.632. The van der Waals surface area contributed by atoms with Gasteiger partial charge in [0.15, 0.2) is 17.5 Å². The van der Waals surface area contributed by atoms with E-state index >= 15 is 0 Å². The molecule has 1 heterocycles. The SMILES string of the molecule is CN=C(NCCCOC1CCOC1)NCCc1ccc(OC)c(OC)c1.I. The first kappa shape index (κ1) is 23.8. The van der Waals surface area contributed by atoms with Crippen molar-refractivity contribution in [3.8, 4) is 11.5 Å². The second kappa shape index (κ2) is 13.8. The summed E-state index contributed by atoms with van der Waals surface area (Å²) in [4.78, 5) is 4.24. The van der Waals surface area contributed by atoms with Crippen molar-refractivity contribution >= 4 is 29.9 Å². The van der Waals surface area contributed by atoms with Crippen LogP contribution in [0.2, 0.25) is 0 Å². The Morgan fingerprint density at radius 3 is 2.63 bits per heavy atom. The molecule has 1 aromatic rings. The monoisotopic (exact) mass is 493 g/mol. The summed E-state index contributed by atoms with van der Waals surface area (Å²) < 4.78 is 21.6. The molecule has 1 aliphatic heterocycles. The summed E-state index contributed by atoms with van der Waals surface area (Å²) in [7, 11) is 5.06. The molecule has 0 bridgehead atoms. The number of halogens is 1. The molecular formula is C19H32IN3O4. The molecule has 2 N–H and O–H groups in total. The van der Waals surface area contributed by atoms with Gasteiger partial charge < -0.3 is 29.6 Å². The zero-order valence-corrected chi connectivity index (χ0v) is 18.8. The maximum Gasteiger partial charge on any atom is 0.190 e. The minimum Gasteiger partial charge on any atom is -0.493 e. The Bertz CT molecular complexity index is 566. The Morgan fingerprint density at radius 1 is 1.19 bits per heavy atom. The van der Waals surface area contributed by atoms with Crippen molar-refractivity contribution in [3.63, 3.8) is 0 Å². The van der Waals surface area contributed by atoms with Crippen LogP contribution < -0.4 is 20.1 Å². The fourth-order valence-corrected chi connectivity index (χ4v) is 2.76. The lowest BCUT2D eigenvalue weighted by Crippen LogP contribution is -2.39. The fourth-order valence-electron chi connectivity index (χ4n) is 2.76. The van der Waals surface area contributed by atoms with Crippen LogP contribution in [0.3, 0.4) is 0 Å². The first-order chi connectivity index (χ1) is 12.8. The molecule has 0 amide bonds. The van der Waals surface area contributed by atoms with Gasteiger partial charge in [-0.2, -0.15) is 0 Å². The number of hydrogen-bond acceptors (Lipinski definition) is 5. The second-order valence-electron chi connectivity index (χ2n) is 6.08. The number of nitrogens with one attached hydrogen (secondary N) is 2. The Labute approximate surface area is 179 Å². The van der Waals surface area contributed by atoms with Crippen LogP contribution in [-0.2, 0) is 15.9 Å². The molecule has 2 rings (SSSR count). The van der Waals surface area contributed by atoms with Gasteiger partial charge in [0.05, 0.1) is 26.9 Å². The third-order valence-electron chi connectivity index (χ3n) is 4.23. The largest absolute Gasteiger partial charge is 0.493 e. The highest BCUT2D eigenvalue weighted by Crippen LogP contribution is 2.27. The first-order valence-corrected chi connectivity index (χ1v) is 9.11. The van der Waals surface area contributed by atoms with Crippen molar-refractivity contribution < 1.29 is 18.9 Å². The number of guanidine groups is 1. The minimum absolute atomic E-state index is 0. The van der Waals surface area contributed by atoms with Crippen LogP contribution in [0.25, 0.3) is 0 Å². The van der Waals surface area contributed by atoms with Crippen molar-refractivity contribution in [2.75, 3.05) is 54.2 Å². The maximum absolute atomic E-state index is 5.75. The van der Waals surface area contributed by atoms with Gasteiger partial charge in [-0.3, -0.25) is 4.99 Å². The molecule has 0 aromatic heterocycles. The molecule has 0 saturated carbocycles. The van der Waals surface area contributed by atoms with E-state index in [1.807, 2.05) is 18.2 Å². The quantitative estimate of drug-likeness (QED) is 0.226. The molecule has 1 fully saturated rings. The van der Waals surface area contributed by atoms with Crippen molar-refractivity contribution in [2.24, 2.45) is 4.99 Å². The summed E-state index contributed by atoms with van der Waals surface area (Å²) in [5.41, 5.74) is 1.18. The van der Waals surface area contributed by atoms with E-state index in [0.29, 0.717) is 0 Å². The lowest BCUT2D eigenvalue weighted by Gasteiger charge is -2.14. The van der Waals surface area contributed by atoms with E-state index in [1.165, 1.54) is 5.56 Å². The topological polar surface area (TPSA) is 73.3 Å². The van der Waals surface area contributed by atoms with E-state index < -0.39 is 0 Å². The lowest BCUT2D eigenvalue weighted by atomic mass is 10.1. The number of ether oxygens (including phenoxy) is 4. The average molecular weight is 493 g/mol. The number of nitrogens with zero attached hydrogens (tertiary/aromatic N) is 1. The Morgan fingerprint density at radius 2 is 1.96 bits per heavy atom. The Balaban J connectivity index is 0.00000364. The molecular weight excluding hydrogens is 461 g/mol. The maximum atomic E-state index is 5.75. The highest BCUT2D eigenvalue weighted by molar-refractivity contribution is 14.0. The van der Waals surface area contributed by atoms with Gasteiger partial charge in [0.2, 0.25) is 0 Å². The van der Waals surface area contributed by atoms with Gasteiger partial charge in [-0.15, -0.1) is 24.0 Å². The molecule has 0 radical (unpaired) electrons. The number of methoxy groups -OCH3 is 2. The van der Waals surface area contributed by atoms with Crippen LogP contribution in [0, 0.1) is 0 Å². The van der Waals surface area contributed by atoms with E-state index in [2.05, 4.69) is 15.6 Å². The zero-order chi connectivity index (χ0) is 18.6. The standard InChI is InChI=1S/C19H31N3O4.HI/c1-20-19(21-9-4-11-26-16-8-12-25-14-16)22-10-7-15-5-6-17(23-2)18(13-15)24-3;/h5-6,13,16H,4,7-12,14H2,1-3H3,(H2,20,21,22);1H. The van der Waals surface area contributed by atoms with Crippen molar-refractivity contribution in [2.45, 2.75) is 25.4 Å². The van der Waals surface area contributed by atoms with Crippen LogP contribution in [0.4, 0.5) is 0 Å². The predicted molar refractivity (Wildman–Crippen MR) is 118 cm³/mol. The molecule has 7 nitrogen and oxygen atoms in total. The zero-order valence-electron chi connectivity index (χ0n) is 16.5. The number of aliphatic imine (C=N–C) groups is 1. The van der Waals surface area contributed by atoms with Crippen molar-refractivity contribution in [3.05, 3.63) is 23.8 Å². The van der Waals surface area contributed by atoms with Crippen molar-refractivity contribution in [1.82, 2.24) is 10.6 Å². The number of rotatable bonds is 10. The van der Waals surface area contributed by atoms with Gasteiger partial charge >= 0.3 is 0 Å². The predicted octanol–water partition coefficient (Wildman–Crippen LogP) is 2.22. The number of hydrogen-bond donors (Lipinski definition) is 2. The summed E-state index contributed by atoms with van der Waals surface area (Å²) in [6, 6.07) is 5.97. The van der Waals surface area contributed by atoms with Gasteiger partial charge in [0.1, 0.15) is 0 Å². The van der Waals surface area contributed by atoms with E-state index in [9.17, 15) is 0 Å². The van der Waals surface area contributed by atoms with Crippen LogP contribution in [0.15, 0.2) is 23.2 Å². The molecule has 1 aliphatic rings. The van der Waals surface area contributed by atoms with E-state index in [4.69, 9.17) is 18.9 Å². The summed E-state index contributed by atoms with van der Waals surface area (Å²) in [5, 5.41) is 6.63. The molecule has 1 atom stereocenters. The summed E-state index contributed by atoms with van der Waals surface area (Å²) in [5.74, 6) is 2.29. The minimum atomic E-state index is 0. The second-order valence-corrected chi connectivity index (χ2v) is 6.08. The van der Waals surface area contributed by atoms with Crippen molar-refractivity contribution in [1.29, 1.82) is 0 Å². The molecule has 27 heavy (non-hydrogen) atoms. The normalized spacial score (nSPS) is 16.6. The van der Waals surface area contributed by atoms with E-state index in [0.717, 1.165) is 69.6 Å². The van der Waals surface area contributed by atoms with Gasteiger partial charge in [-0.25, -0.2) is 0 Å². The van der Waals surface area contributed by atoms with Crippen LogP contribution in [0.5, 0.6) is 11.5 Å². The molecule has 0 spiro atoms. The third kappa shape index (κ3) is 8.52. The molecule has 1 aromatic carbocycles. The van der Waals surface area contributed by atoms with Crippen LogP contribution >= 0.6 is 24.0 Å². The van der Waals surface area contributed by atoms with Gasteiger partial charge in [0.25, 0.3) is 0 Å². The van der Waals surface area contributed by atoms with Crippen LogP contribution in [-0.4, -0.2) is 66.2 Å². The first-order valence-electron chi connectivity index (χ1n) is 9.11. The molecule has 0 aliphatic carbocycles. The van der Waals surface area contributed by atoms with E-state index in [1.54, 1.807) is 21.3 Å².